The Hall–Kier alpha value is -1.46. The fourth-order valence-electron chi connectivity index (χ4n) is 7.14. The standard InChI is InChI=1S/C24H33FN2O2/c25-21-5-3-17(4-6-21)14-27(23(29)16-26-7-1-2-22(28)15-26)24-11-18-8-19(12-24)10-20(9-18)13-24/h3-6,18-20,22,28H,1-2,7-16H2. The minimum absolute atomic E-state index is 0.0192. The van der Waals surface area contributed by atoms with Gasteiger partial charge in [-0.1, -0.05) is 12.1 Å². The lowest BCUT2D eigenvalue weighted by Gasteiger charge is -2.60. The van der Waals surface area contributed by atoms with E-state index in [9.17, 15) is 14.3 Å². The lowest BCUT2D eigenvalue weighted by atomic mass is 9.52. The molecule has 0 aromatic heterocycles. The summed E-state index contributed by atoms with van der Waals surface area (Å²) in [7, 11) is 0. The quantitative estimate of drug-likeness (QED) is 0.822. The lowest BCUT2D eigenvalue weighted by Crippen LogP contribution is -2.62. The van der Waals surface area contributed by atoms with E-state index in [4.69, 9.17) is 0 Å². The van der Waals surface area contributed by atoms with Crippen LogP contribution < -0.4 is 0 Å². The maximum absolute atomic E-state index is 13.6. The zero-order valence-corrected chi connectivity index (χ0v) is 17.2. The molecule has 4 saturated carbocycles. The molecule has 1 heterocycles. The van der Waals surface area contributed by atoms with E-state index in [-0.39, 0.29) is 23.4 Å². The average molecular weight is 401 g/mol. The Labute approximate surface area is 173 Å². The maximum atomic E-state index is 13.6. The summed E-state index contributed by atoms with van der Waals surface area (Å²) in [4.78, 5) is 17.9. The highest BCUT2D eigenvalue weighted by atomic mass is 19.1. The number of aliphatic hydroxyl groups excluding tert-OH is 1. The van der Waals surface area contributed by atoms with E-state index in [0.29, 0.717) is 19.6 Å². The topological polar surface area (TPSA) is 43.8 Å². The van der Waals surface area contributed by atoms with Crippen molar-refractivity contribution in [2.45, 2.75) is 69.6 Å². The van der Waals surface area contributed by atoms with Crippen molar-refractivity contribution < 1.29 is 14.3 Å². The molecule has 1 aromatic carbocycles. The van der Waals surface area contributed by atoms with Crippen molar-refractivity contribution in [2.75, 3.05) is 19.6 Å². The number of carbonyl (C=O) groups is 1. The normalized spacial score (nSPS) is 36.3. The molecule has 1 atom stereocenters. The van der Waals surface area contributed by atoms with Crippen LogP contribution in [0, 0.1) is 23.6 Å². The number of amides is 1. The molecule has 4 bridgehead atoms. The summed E-state index contributed by atoms with van der Waals surface area (Å²) in [5.41, 5.74) is 0.989. The molecule has 1 unspecified atom stereocenters. The highest BCUT2D eigenvalue weighted by molar-refractivity contribution is 5.79. The van der Waals surface area contributed by atoms with Crippen LogP contribution in [0.4, 0.5) is 4.39 Å². The molecule has 0 spiro atoms. The average Bonchev–Trinajstić information content (AvgIpc) is 2.66. The molecule has 1 amide bonds. The molecule has 6 rings (SSSR count). The van der Waals surface area contributed by atoms with E-state index in [1.165, 1.54) is 31.4 Å². The van der Waals surface area contributed by atoms with Crippen molar-refractivity contribution in [1.82, 2.24) is 9.80 Å². The third-order valence-electron chi connectivity index (χ3n) is 7.97. The Balaban J connectivity index is 1.40. The van der Waals surface area contributed by atoms with Crippen LogP contribution >= 0.6 is 0 Å². The number of halogens is 1. The van der Waals surface area contributed by atoms with Crippen LogP contribution in [0.1, 0.15) is 56.9 Å². The molecule has 158 valence electrons. The number of aliphatic hydroxyl groups is 1. The molecule has 4 aliphatic carbocycles. The number of nitrogens with zero attached hydrogens (tertiary/aromatic N) is 2. The highest BCUT2D eigenvalue weighted by Crippen LogP contribution is 2.58. The summed E-state index contributed by atoms with van der Waals surface area (Å²) in [5.74, 6) is 2.25. The fraction of sp³-hybridized carbons (Fsp3) is 0.708. The van der Waals surface area contributed by atoms with Gasteiger partial charge in [-0.05, 0) is 93.4 Å². The molecule has 1 saturated heterocycles. The smallest absolute Gasteiger partial charge is 0.237 e. The first-order chi connectivity index (χ1) is 14.0. The third kappa shape index (κ3) is 3.96. The predicted molar refractivity (Wildman–Crippen MR) is 110 cm³/mol. The van der Waals surface area contributed by atoms with Gasteiger partial charge < -0.3 is 10.0 Å². The summed E-state index contributed by atoms with van der Waals surface area (Å²) in [6.07, 6.45) is 8.89. The van der Waals surface area contributed by atoms with Crippen LogP contribution in [-0.2, 0) is 11.3 Å². The van der Waals surface area contributed by atoms with Crippen molar-refractivity contribution in [2.24, 2.45) is 17.8 Å². The van der Waals surface area contributed by atoms with Crippen LogP contribution in [0.5, 0.6) is 0 Å². The number of benzene rings is 1. The van der Waals surface area contributed by atoms with Crippen LogP contribution in [-0.4, -0.2) is 52.1 Å². The second kappa shape index (κ2) is 7.66. The Morgan fingerprint density at radius 2 is 1.72 bits per heavy atom. The summed E-state index contributed by atoms with van der Waals surface area (Å²) in [6.45, 7) is 2.44. The van der Waals surface area contributed by atoms with Crippen molar-refractivity contribution in [3.05, 3.63) is 35.6 Å². The third-order valence-corrected chi connectivity index (χ3v) is 7.97. The zero-order valence-electron chi connectivity index (χ0n) is 17.2. The molecule has 5 heteroatoms. The fourth-order valence-corrected chi connectivity index (χ4v) is 7.14. The molecule has 4 nitrogen and oxygen atoms in total. The van der Waals surface area contributed by atoms with Gasteiger partial charge in [-0.15, -0.1) is 0 Å². The summed E-state index contributed by atoms with van der Waals surface area (Å²) in [5, 5.41) is 10.0. The molecule has 5 aliphatic rings. The maximum Gasteiger partial charge on any atom is 0.237 e. The second-order valence-corrected chi connectivity index (χ2v) is 10.3. The van der Waals surface area contributed by atoms with Crippen LogP contribution in [0.2, 0.25) is 0 Å². The first-order valence-electron chi connectivity index (χ1n) is 11.4. The molecule has 1 aromatic rings. The summed E-state index contributed by atoms with van der Waals surface area (Å²) >= 11 is 0. The lowest BCUT2D eigenvalue weighted by molar-refractivity contribution is -0.154. The van der Waals surface area contributed by atoms with Gasteiger partial charge in [0.15, 0.2) is 0 Å². The summed E-state index contributed by atoms with van der Waals surface area (Å²) in [6, 6.07) is 6.64. The number of piperidine rings is 1. The number of likely N-dealkylation sites (tertiary alicyclic amines) is 1. The zero-order chi connectivity index (χ0) is 20.0. The molecule has 1 aliphatic heterocycles. The van der Waals surface area contributed by atoms with E-state index >= 15 is 0 Å². The minimum Gasteiger partial charge on any atom is -0.392 e. The Bertz CT molecular complexity index is 714. The second-order valence-electron chi connectivity index (χ2n) is 10.3. The van der Waals surface area contributed by atoms with Gasteiger partial charge in [0.05, 0.1) is 12.6 Å². The first kappa shape index (κ1) is 19.5. The number of rotatable bonds is 5. The molecule has 0 radical (unpaired) electrons. The highest BCUT2D eigenvalue weighted by Gasteiger charge is 2.54. The van der Waals surface area contributed by atoms with Gasteiger partial charge in [-0.25, -0.2) is 4.39 Å². The number of hydrogen-bond donors (Lipinski definition) is 1. The number of carbonyl (C=O) groups excluding carboxylic acids is 1. The molecular weight excluding hydrogens is 367 g/mol. The van der Waals surface area contributed by atoms with Gasteiger partial charge in [0.25, 0.3) is 0 Å². The summed E-state index contributed by atoms with van der Waals surface area (Å²) < 4.78 is 13.4. The van der Waals surface area contributed by atoms with Gasteiger partial charge in [0, 0.05) is 18.6 Å². The van der Waals surface area contributed by atoms with E-state index < -0.39 is 0 Å². The van der Waals surface area contributed by atoms with Gasteiger partial charge in [-0.3, -0.25) is 9.69 Å². The van der Waals surface area contributed by atoms with Crippen molar-refractivity contribution >= 4 is 5.91 Å². The van der Waals surface area contributed by atoms with E-state index in [0.717, 1.165) is 62.0 Å². The van der Waals surface area contributed by atoms with E-state index in [1.54, 1.807) is 0 Å². The van der Waals surface area contributed by atoms with Crippen LogP contribution in [0.3, 0.4) is 0 Å². The van der Waals surface area contributed by atoms with Crippen LogP contribution in [0.25, 0.3) is 0 Å². The first-order valence-corrected chi connectivity index (χ1v) is 11.4. The van der Waals surface area contributed by atoms with E-state index in [2.05, 4.69) is 9.80 Å². The number of β-amino-alcohol motifs (C(OH)–C–C–N with tert-alkyl or cyclic N) is 1. The van der Waals surface area contributed by atoms with Gasteiger partial charge in [0.1, 0.15) is 5.82 Å². The molecular formula is C24H33FN2O2. The van der Waals surface area contributed by atoms with Crippen molar-refractivity contribution in [1.29, 1.82) is 0 Å². The Kier molecular flexibility index (Phi) is 5.15. The minimum atomic E-state index is -0.318. The monoisotopic (exact) mass is 400 g/mol. The van der Waals surface area contributed by atoms with Gasteiger partial charge >= 0.3 is 0 Å². The SMILES string of the molecule is O=C(CN1CCCC(O)C1)N(Cc1ccc(F)cc1)C12CC3CC(CC(C3)C1)C2. The van der Waals surface area contributed by atoms with Gasteiger partial charge in [0.2, 0.25) is 5.91 Å². The van der Waals surface area contributed by atoms with Crippen molar-refractivity contribution in [3.63, 3.8) is 0 Å². The van der Waals surface area contributed by atoms with Crippen LogP contribution in [0.15, 0.2) is 24.3 Å². The van der Waals surface area contributed by atoms with Crippen molar-refractivity contribution in [3.8, 4) is 0 Å². The molecule has 5 fully saturated rings. The van der Waals surface area contributed by atoms with Gasteiger partial charge in [-0.2, -0.15) is 0 Å². The Morgan fingerprint density at radius 1 is 1.10 bits per heavy atom. The Morgan fingerprint density at radius 3 is 2.31 bits per heavy atom. The predicted octanol–water partition coefficient (Wildman–Crippen LogP) is 3.58. The largest absolute Gasteiger partial charge is 0.392 e. The molecule has 29 heavy (non-hydrogen) atoms. The molecule has 1 N–H and O–H groups in total. The number of hydrogen-bond acceptors (Lipinski definition) is 3. The van der Waals surface area contributed by atoms with E-state index in [1.807, 2.05) is 12.1 Å².